The Morgan fingerprint density at radius 1 is 1.24 bits per heavy atom. The van der Waals surface area contributed by atoms with E-state index in [4.69, 9.17) is 9.47 Å². The highest BCUT2D eigenvalue weighted by Crippen LogP contribution is 2.28. The Balaban J connectivity index is 1.93. The third-order valence-electron chi connectivity index (χ3n) is 4.58. The molecule has 1 fully saturated rings. The Morgan fingerprint density at radius 2 is 1.92 bits per heavy atom. The van der Waals surface area contributed by atoms with Crippen molar-refractivity contribution in [1.29, 1.82) is 0 Å². The molecule has 1 aromatic rings. The quantitative estimate of drug-likeness (QED) is 0.785. The Bertz CT molecular complexity index is 548. The Kier molecular flexibility index (Phi) is 7.12. The molecule has 2 N–H and O–H groups in total. The maximum Gasteiger partial charge on any atom is 0.407 e. The highest BCUT2D eigenvalue weighted by Gasteiger charge is 2.26. The summed E-state index contributed by atoms with van der Waals surface area (Å²) in [5.41, 5.74) is 0.655. The summed E-state index contributed by atoms with van der Waals surface area (Å²) in [6.45, 7) is 6.93. The lowest BCUT2D eigenvalue weighted by molar-refractivity contribution is 0.0518. The molecule has 2 rings (SSSR count). The molecule has 0 radical (unpaired) electrons. The van der Waals surface area contributed by atoms with Crippen LogP contribution < -0.4 is 15.4 Å². The molecule has 0 bridgehead atoms. The topological polar surface area (TPSA) is 59.6 Å². The Morgan fingerprint density at radius 3 is 2.56 bits per heavy atom. The van der Waals surface area contributed by atoms with E-state index in [1.54, 1.807) is 7.11 Å². The van der Waals surface area contributed by atoms with Crippen LogP contribution in [0.5, 0.6) is 5.75 Å². The van der Waals surface area contributed by atoms with Gasteiger partial charge in [0.05, 0.1) is 7.11 Å². The summed E-state index contributed by atoms with van der Waals surface area (Å²) in [4.78, 5) is 12.0. The second kappa shape index (κ2) is 9.09. The van der Waals surface area contributed by atoms with Crippen molar-refractivity contribution in [2.24, 2.45) is 5.92 Å². The van der Waals surface area contributed by atoms with Crippen molar-refractivity contribution < 1.29 is 14.3 Å². The van der Waals surface area contributed by atoms with Crippen LogP contribution in [0.4, 0.5) is 4.79 Å². The first-order valence-electron chi connectivity index (χ1n) is 9.21. The van der Waals surface area contributed by atoms with Gasteiger partial charge in [0.15, 0.2) is 0 Å². The summed E-state index contributed by atoms with van der Waals surface area (Å²) in [5, 5.41) is 6.55. The molecule has 1 saturated carbocycles. The zero-order valence-electron chi connectivity index (χ0n) is 15.9. The summed E-state index contributed by atoms with van der Waals surface area (Å²) >= 11 is 0. The van der Waals surface area contributed by atoms with Crippen LogP contribution in [-0.4, -0.2) is 31.4 Å². The number of methoxy groups -OCH3 is 1. The van der Waals surface area contributed by atoms with Crippen LogP contribution in [0.25, 0.3) is 0 Å². The molecule has 5 nitrogen and oxygen atoms in total. The van der Waals surface area contributed by atoms with Gasteiger partial charge in [-0.15, -0.1) is 0 Å². The third kappa shape index (κ3) is 6.58. The van der Waals surface area contributed by atoms with Crippen molar-refractivity contribution in [2.75, 3.05) is 13.7 Å². The average molecular weight is 348 g/mol. The van der Waals surface area contributed by atoms with E-state index in [9.17, 15) is 4.79 Å². The number of para-hydroxylation sites is 1. The molecule has 0 spiro atoms. The van der Waals surface area contributed by atoms with Crippen LogP contribution in [0.1, 0.15) is 52.0 Å². The lowest BCUT2D eigenvalue weighted by Gasteiger charge is -2.27. The van der Waals surface area contributed by atoms with Gasteiger partial charge in [0, 0.05) is 24.7 Å². The Labute approximate surface area is 151 Å². The summed E-state index contributed by atoms with van der Waals surface area (Å²) in [6, 6.07) is 8.27. The smallest absolute Gasteiger partial charge is 0.407 e. The molecule has 1 aliphatic rings. The number of amides is 1. The first-order valence-corrected chi connectivity index (χ1v) is 9.21. The molecule has 140 valence electrons. The predicted molar refractivity (Wildman–Crippen MR) is 99.8 cm³/mol. The van der Waals surface area contributed by atoms with Crippen molar-refractivity contribution in [2.45, 2.75) is 64.6 Å². The van der Waals surface area contributed by atoms with Gasteiger partial charge in [-0.25, -0.2) is 4.79 Å². The van der Waals surface area contributed by atoms with Crippen LogP contribution in [0.2, 0.25) is 0 Å². The molecule has 1 atom stereocenters. The fraction of sp³-hybridized carbons (Fsp3) is 0.650. The Hall–Kier alpha value is -1.75. The minimum absolute atomic E-state index is 0.236. The largest absolute Gasteiger partial charge is 0.496 e. The van der Waals surface area contributed by atoms with Gasteiger partial charge in [-0.05, 0) is 45.6 Å². The molecule has 1 aromatic carbocycles. The van der Waals surface area contributed by atoms with Gasteiger partial charge in [-0.2, -0.15) is 0 Å². The number of hydrogen-bond donors (Lipinski definition) is 2. The summed E-state index contributed by atoms with van der Waals surface area (Å²) < 4.78 is 10.8. The molecule has 0 aliphatic heterocycles. The van der Waals surface area contributed by atoms with Crippen LogP contribution in [0.3, 0.4) is 0 Å². The molecular formula is C20H32N2O3. The highest BCUT2D eigenvalue weighted by molar-refractivity contribution is 5.67. The first-order chi connectivity index (χ1) is 11.9. The van der Waals surface area contributed by atoms with E-state index in [1.807, 2.05) is 39.0 Å². The molecule has 5 heteroatoms. The number of rotatable bonds is 7. The van der Waals surface area contributed by atoms with Crippen LogP contribution >= 0.6 is 0 Å². The number of ether oxygens (including phenoxy) is 2. The van der Waals surface area contributed by atoms with Crippen molar-refractivity contribution >= 4 is 6.09 Å². The zero-order chi connectivity index (χ0) is 18.3. The molecule has 0 saturated heterocycles. The van der Waals surface area contributed by atoms with Crippen molar-refractivity contribution in [3.63, 3.8) is 0 Å². The second-order valence-electron chi connectivity index (χ2n) is 7.73. The predicted octanol–water partition coefficient (Wildman–Crippen LogP) is 3.87. The van der Waals surface area contributed by atoms with Gasteiger partial charge in [0.25, 0.3) is 0 Å². The van der Waals surface area contributed by atoms with Crippen LogP contribution in [0, 0.1) is 5.92 Å². The molecule has 0 heterocycles. The van der Waals surface area contributed by atoms with Crippen molar-refractivity contribution in [1.82, 2.24) is 10.6 Å². The third-order valence-corrected chi connectivity index (χ3v) is 4.58. The van der Waals surface area contributed by atoms with Gasteiger partial charge in [0.2, 0.25) is 0 Å². The number of hydrogen-bond acceptors (Lipinski definition) is 4. The first kappa shape index (κ1) is 19.6. The molecule has 1 amide bonds. The van der Waals surface area contributed by atoms with Gasteiger partial charge in [-0.1, -0.05) is 31.0 Å². The lowest BCUT2D eigenvalue weighted by atomic mass is 9.97. The van der Waals surface area contributed by atoms with Crippen LogP contribution in [-0.2, 0) is 11.3 Å². The van der Waals surface area contributed by atoms with Gasteiger partial charge < -0.3 is 20.1 Å². The number of carbonyl (C=O) groups excluding carboxylic acids is 1. The number of alkyl carbamates (subject to hydrolysis) is 1. The summed E-state index contributed by atoms with van der Waals surface area (Å²) in [6.07, 6.45) is 4.60. The van der Waals surface area contributed by atoms with Crippen LogP contribution in [0.15, 0.2) is 24.3 Å². The molecular weight excluding hydrogens is 316 g/mol. The van der Waals surface area contributed by atoms with E-state index in [-0.39, 0.29) is 12.1 Å². The summed E-state index contributed by atoms with van der Waals surface area (Å²) in [5.74, 6) is 1.48. The second-order valence-corrected chi connectivity index (χ2v) is 7.73. The maximum absolute atomic E-state index is 12.0. The van der Waals surface area contributed by atoms with Gasteiger partial charge in [0.1, 0.15) is 11.4 Å². The minimum atomic E-state index is -0.474. The van der Waals surface area contributed by atoms with E-state index in [0.29, 0.717) is 12.5 Å². The van der Waals surface area contributed by atoms with Crippen molar-refractivity contribution in [3.8, 4) is 5.75 Å². The van der Waals surface area contributed by atoms with E-state index in [0.717, 1.165) is 17.9 Å². The average Bonchev–Trinajstić information content (AvgIpc) is 3.08. The summed E-state index contributed by atoms with van der Waals surface area (Å²) in [7, 11) is 1.69. The van der Waals surface area contributed by atoms with E-state index < -0.39 is 5.60 Å². The fourth-order valence-electron chi connectivity index (χ4n) is 3.36. The lowest BCUT2D eigenvalue weighted by Crippen LogP contribution is -2.45. The normalized spacial score (nSPS) is 16.5. The maximum atomic E-state index is 12.0. The fourth-order valence-corrected chi connectivity index (χ4v) is 3.36. The van der Waals surface area contributed by atoms with E-state index in [2.05, 4.69) is 16.7 Å². The van der Waals surface area contributed by atoms with E-state index >= 15 is 0 Å². The standard InChI is InChI=1S/C20H32N2O3/c1-20(2,3)25-19(23)22-14-17(15-9-5-6-10-15)21-13-16-11-7-8-12-18(16)24-4/h7-8,11-12,15,17,21H,5-6,9-10,13-14H2,1-4H3,(H,22,23). The molecule has 1 aliphatic carbocycles. The highest BCUT2D eigenvalue weighted by atomic mass is 16.6. The van der Waals surface area contributed by atoms with Gasteiger partial charge in [-0.3, -0.25) is 0 Å². The number of carbonyl (C=O) groups is 1. The number of nitrogens with one attached hydrogen (secondary N) is 2. The van der Waals surface area contributed by atoms with E-state index in [1.165, 1.54) is 25.7 Å². The molecule has 25 heavy (non-hydrogen) atoms. The number of benzene rings is 1. The molecule has 0 aromatic heterocycles. The zero-order valence-corrected chi connectivity index (χ0v) is 15.9. The SMILES string of the molecule is COc1ccccc1CNC(CNC(=O)OC(C)(C)C)C1CCCC1. The minimum Gasteiger partial charge on any atom is -0.496 e. The van der Waals surface area contributed by atoms with Gasteiger partial charge >= 0.3 is 6.09 Å². The molecule has 1 unspecified atom stereocenters. The van der Waals surface area contributed by atoms with Crippen molar-refractivity contribution in [3.05, 3.63) is 29.8 Å². The monoisotopic (exact) mass is 348 g/mol.